The number of thiophene rings is 1. The minimum absolute atomic E-state index is 0.0839. The van der Waals surface area contributed by atoms with Crippen LogP contribution in [0.3, 0.4) is 0 Å². The highest BCUT2D eigenvalue weighted by Crippen LogP contribution is 2.22. The zero-order valence-electron chi connectivity index (χ0n) is 12.9. The third kappa shape index (κ3) is 2.92. The van der Waals surface area contributed by atoms with Gasteiger partial charge in [0.1, 0.15) is 5.82 Å². The summed E-state index contributed by atoms with van der Waals surface area (Å²) in [7, 11) is 0. The predicted molar refractivity (Wildman–Crippen MR) is 91.1 cm³/mol. The molecule has 1 aromatic carbocycles. The smallest absolute Gasteiger partial charge is 0.126 e. The number of hydrogen-bond donors (Lipinski definition) is 2. The molecule has 0 spiro atoms. The molecule has 0 amide bonds. The number of nitrogens with zero attached hydrogens (tertiary/aromatic N) is 2. The number of aliphatic hydroxyl groups excluding tert-OH is 1. The Morgan fingerprint density at radius 3 is 2.86 bits per heavy atom. The lowest BCUT2D eigenvalue weighted by molar-refractivity contribution is 0.170. The molecule has 5 heteroatoms. The standard InChI is InChI=1S/C17H21N3OS/c1-3-20-15-7-5-4-6-14(15)19-17(20)12(2)18-10-16(21)13-8-9-22-11-13/h4-9,11-12,16,18,21H,3,10H2,1-2H3. The van der Waals surface area contributed by atoms with Crippen molar-refractivity contribution in [3.63, 3.8) is 0 Å². The molecule has 116 valence electrons. The Kier molecular flexibility index (Phi) is 4.57. The van der Waals surface area contributed by atoms with E-state index >= 15 is 0 Å². The summed E-state index contributed by atoms with van der Waals surface area (Å²) in [5.74, 6) is 1.02. The maximum absolute atomic E-state index is 10.2. The van der Waals surface area contributed by atoms with E-state index in [0.29, 0.717) is 6.54 Å². The number of fused-ring (bicyclic) bond motifs is 1. The first kappa shape index (κ1) is 15.2. The minimum atomic E-state index is -0.479. The van der Waals surface area contributed by atoms with Crippen LogP contribution < -0.4 is 5.32 Å². The quantitative estimate of drug-likeness (QED) is 0.732. The lowest BCUT2D eigenvalue weighted by atomic mass is 10.2. The van der Waals surface area contributed by atoms with Crippen molar-refractivity contribution >= 4 is 22.4 Å². The molecular formula is C17H21N3OS. The van der Waals surface area contributed by atoms with Crippen LogP contribution in [0.15, 0.2) is 41.1 Å². The molecular weight excluding hydrogens is 294 g/mol. The Morgan fingerprint density at radius 1 is 1.32 bits per heavy atom. The van der Waals surface area contributed by atoms with Gasteiger partial charge in [-0.05, 0) is 48.4 Å². The Bertz CT molecular complexity index is 736. The number of imidazole rings is 1. The Labute approximate surface area is 134 Å². The topological polar surface area (TPSA) is 50.1 Å². The predicted octanol–water partition coefficient (Wildman–Crippen LogP) is 3.50. The molecule has 0 saturated carbocycles. The van der Waals surface area contributed by atoms with Crippen molar-refractivity contribution in [3.05, 3.63) is 52.5 Å². The lowest BCUT2D eigenvalue weighted by Crippen LogP contribution is -2.26. The van der Waals surface area contributed by atoms with E-state index in [4.69, 9.17) is 4.98 Å². The number of para-hydroxylation sites is 2. The van der Waals surface area contributed by atoms with Gasteiger partial charge in [0.05, 0.1) is 23.2 Å². The van der Waals surface area contributed by atoms with E-state index in [1.54, 1.807) is 11.3 Å². The molecule has 0 saturated heterocycles. The SMILES string of the molecule is CCn1c(C(C)NCC(O)c2ccsc2)nc2ccccc21. The Morgan fingerprint density at radius 2 is 2.14 bits per heavy atom. The number of rotatable bonds is 6. The third-order valence-corrected chi connectivity index (χ3v) is 4.63. The fourth-order valence-electron chi connectivity index (χ4n) is 2.72. The van der Waals surface area contributed by atoms with Crippen LogP contribution in [-0.2, 0) is 6.54 Å². The number of nitrogens with one attached hydrogen (secondary N) is 1. The van der Waals surface area contributed by atoms with E-state index < -0.39 is 6.10 Å². The summed E-state index contributed by atoms with van der Waals surface area (Å²) in [6.45, 7) is 5.62. The molecule has 3 rings (SSSR count). The summed E-state index contributed by atoms with van der Waals surface area (Å²) >= 11 is 1.60. The van der Waals surface area contributed by atoms with Crippen molar-refractivity contribution in [3.8, 4) is 0 Å². The van der Waals surface area contributed by atoms with E-state index in [1.807, 2.05) is 35.0 Å². The summed E-state index contributed by atoms with van der Waals surface area (Å²) < 4.78 is 2.23. The van der Waals surface area contributed by atoms with Gasteiger partial charge in [0, 0.05) is 13.1 Å². The van der Waals surface area contributed by atoms with Gasteiger partial charge in [-0.1, -0.05) is 12.1 Å². The number of aromatic nitrogens is 2. The molecule has 3 aromatic rings. The number of benzene rings is 1. The summed E-state index contributed by atoms with van der Waals surface area (Å²) in [6.07, 6.45) is -0.479. The largest absolute Gasteiger partial charge is 0.387 e. The molecule has 2 aromatic heterocycles. The molecule has 4 nitrogen and oxygen atoms in total. The molecule has 2 unspecified atom stereocenters. The van der Waals surface area contributed by atoms with E-state index in [0.717, 1.165) is 29.0 Å². The average Bonchev–Trinajstić information content (AvgIpc) is 3.19. The first-order valence-corrected chi connectivity index (χ1v) is 8.53. The van der Waals surface area contributed by atoms with E-state index in [1.165, 1.54) is 0 Å². The van der Waals surface area contributed by atoms with Crippen LogP contribution in [-0.4, -0.2) is 21.2 Å². The molecule has 0 aliphatic heterocycles. The minimum Gasteiger partial charge on any atom is -0.387 e. The highest BCUT2D eigenvalue weighted by Gasteiger charge is 2.17. The van der Waals surface area contributed by atoms with Crippen molar-refractivity contribution in [2.45, 2.75) is 32.5 Å². The Balaban J connectivity index is 1.76. The molecule has 2 atom stereocenters. The zero-order chi connectivity index (χ0) is 15.5. The summed E-state index contributed by atoms with van der Waals surface area (Å²) in [5, 5.41) is 17.6. The van der Waals surface area contributed by atoms with E-state index in [2.05, 4.69) is 29.8 Å². The molecule has 0 fully saturated rings. The van der Waals surface area contributed by atoms with Crippen molar-refractivity contribution in [2.24, 2.45) is 0 Å². The van der Waals surface area contributed by atoms with Crippen LogP contribution >= 0.6 is 11.3 Å². The molecule has 0 radical (unpaired) electrons. The average molecular weight is 315 g/mol. The second kappa shape index (κ2) is 6.60. The Hall–Kier alpha value is -1.69. The van der Waals surface area contributed by atoms with Crippen LogP contribution in [0.5, 0.6) is 0 Å². The van der Waals surface area contributed by atoms with Gasteiger partial charge in [-0.2, -0.15) is 11.3 Å². The van der Waals surface area contributed by atoms with Crippen molar-refractivity contribution in [1.29, 1.82) is 0 Å². The monoisotopic (exact) mass is 315 g/mol. The van der Waals surface area contributed by atoms with Gasteiger partial charge in [-0.15, -0.1) is 0 Å². The number of aryl methyl sites for hydroxylation is 1. The van der Waals surface area contributed by atoms with Crippen molar-refractivity contribution < 1.29 is 5.11 Å². The summed E-state index contributed by atoms with van der Waals surface area (Å²) in [5.41, 5.74) is 3.15. The highest BCUT2D eigenvalue weighted by molar-refractivity contribution is 7.07. The number of hydrogen-bond acceptors (Lipinski definition) is 4. The fraction of sp³-hybridized carbons (Fsp3) is 0.353. The van der Waals surface area contributed by atoms with Crippen molar-refractivity contribution in [1.82, 2.24) is 14.9 Å². The van der Waals surface area contributed by atoms with E-state index in [-0.39, 0.29) is 6.04 Å². The lowest BCUT2D eigenvalue weighted by Gasteiger charge is -2.17. The van der Waals surface area contributed by atoms with Gasteiger partial charge in [0.15, 0.2) is 0 Å². The second-order valence-electron chi connectivity index (χ2n) is 5.41. The van der Waals surface area contributed by atoms with Crippen LogP contribution in [0.4, 0.5) is 0 Å². The van der Waals surface area contributed by atoms with E-state index in [9.17, 15) is 5.11 Å². The zero-order valence-corrected chi connectivity index (χ0v) is 13.7. The van der Waals surface area contributed by atoms with Crippen LogP contribution in [0, 0.1) is 0 Å². The third-order valence-electron chi connectivity index (χ3n) is 3.93. The van der Waals surface area contributed by atoms with Crippen LogP contribution in [0.25, 0.3) is 11.0 Å². The molecule has 0 bridgehead atoms. The molecule has 0 aliphatic carbocycles. The first-order chi connectivity index (χ1) is 10.7. The molecule has 22 heavy (non-hydrogen) atoms. The molecule has 2 N–H and O–H groups in total. The normalized spacial score (nSPS) is 14.3. The van der Waals surface area contributed by atoms with Gasteiger partial charge in [0.25, 0.3) is 0 Å². The summed E-state index contributed by atoms with van der Waals surface area (Å²) in [6, 6.07) is 10.2. The maximum Gasteiger partial charge on any atom is 0.126 e. The van der Waals surface area contributed by atoms with Crippen LogP contribution in [0.1, 0.15) is 37.4 Å². The highest BCUT2D eigenvalue weighted by atomic mass is 32.1. The number of aliphatic hydroxyl groups is 1. The van der Waals surface area contributed by atoms with Gasteiger partial charge in [-0.3, -0.25) is 0 Å². The maximum atomic E-state index is 10.2. The first-order valence-electron chi connectivity index (χ1n) is 7.59. The fourth-order valence-corrected chi connectivity index (χ4v) is 3.43. The second-order valence-corrected chi connectivity index (χ2v) is 6.19. The molecule has 0 aliphatic rings. The van der Waals surface area contributed by atoms with Gasteiger partial charge in [-0.25, -0.2) is 4.98 Å². The molecule has 2 heterocycles. The van der Waals surface area contributed by atoms with Crippen molar-refractivity contribution in [2.75, 3.05) is 6.54 Å². The van der Waals surface area contributed by atoms with Gasteiger partial charge in [0.2, 0.25) is 0 Å². The van der Waals surface area contributed by atoms with Crippen LogP contribution in [0.2, 0.25) is 0 Å². The van der Waals surface area contributed by atoms with Gasteiger partial charge < -0.3 is 15.0 Å². The summed E-state index contributed by atoms with van der Waals surface area (Å²) in [4.78, 5) is 4.75. The van der Waals surface area contributed by atoms with Gasteiger partial charge >= 0.3 is 0 Å².